The number of fused-ring (bicyclic) bond motifs is 1. The molecule has 0 saturated carbocycles. The molecule has 11 nitrogen and oxygen atoms in total. The van der Waals surface area contributed by atoms with E-state index < -0.39 is 42.4 Å². The van der Waals surface area contributed by atoms with Crippen LogP contribution in [-0.2, 0) is 33.4 Å². The highest BCUT2D eigenvalue weighted by Gasteiger charge is 2.42. The minimum absolute atomic E-state index is 0.104. The van der Waals surface area contributed by atoms with Gasteiger partial charge in [0, 0.05) is 11.4 Å². The summed E-state index contributed by atoms with van der Waals surface area (Å²) in [5.41, 5.74) is 1.19. The van der Waals surface area contributed by atoms with Crippen molar-refractivity contribution in [2.24, 2.45) is 5.92 Å². The van der Waals surface area contributed by atoms with Crippen LogP contribution in [-0.4, -0.2) is 51.4 Å². The van der Waals surface area contributed by atoms with E-state index in [2.05, 4.69) is 10.6 Å². The lowest BCUT2D eigenvalue weighted by Crippen LogP contribution is -2.39. The zero-order chi connectivity index (χ0) is 25.0. The van der Waals surface area contributed by atoms with Gasteiger partial charge in [-0.3, -0.25) is 9.59 Å². The molecule has 0 radical (unpaired) electrons. The van der Waals surface area contributed by atoms with E-state index in [9.17, 15) is 19.2 Å². The molecular weight excluding hydrogens is 448 g/mol. The number of ether oxygens (including phenoxy) is 5. The third-order valence-corrected chi connectivity index (χ3v) is 5.43. The van der Waals surface area contributed by atoms with Crippen LogP contribution in [0.25, 0.3) is 0 Å². The topological polar surface area (TPSA) is 138 Å². The number of hydrogen-bond donors (Lipinski definition) is 2. The molecule has 0 aromatic heterocycles. The Morgan fingerprint density at radius 3 is 2.21 bits per heavy atom. The minimum Gasteiger partial charge on any atom is -0.466 e. The number of amides is 1. The molecule has 2 heterocycles. The Hall–Kier alpha value is -4.02. The number of carbonyl (C=O) groups excluding carboxylic acids is 4. The maximum atomic E-state index is 13.0. The van der Waals surface area contributed by atoms with Gasteiger partial charge in [-0.1, -0.05) is 6.07 Å². The van der Waals surface area contributed by atoms with Crippen molar-refractivity contribution in [2.75, 3.05) is 27.6 Å². The summed E-state index contributed by atoms with van der Waals surface area (Å²) in [5, 5.41) is 5.59. The Bertz CT molecular complexity index is 1050. The number of methoxy groups -OCH3 is 2. The maximum Gasteiger partial charge on any atom is 0.336 e. The fraction of sp³-hybridized carbons (Fsp3) is 0.391. The van der Waals surface area contributed by atoms with Gasteiger partial charge in [-0.15, -0.1) is 0 Å². The van der Waals surface area contributed by atoms with Crippen LogP contribution in [0.2, 0.25) is 0 Å². The van der Waals surface area contributed by atoms with E-state index in [1.54, 1.807) is 39.0 Å². The van der Waals surface area contributed by atoms with Gasteiger partial charge in [-0.2, -0.15) is 0 Å². The smallest absolute Gasteiger partial charge is 0.336 e. The molecule has 0 bridgehead atoms. The van der Waals surface area contributed by atoms with Gasteiger partial charge in [-0.25, -0.2) is 9.59 Å². The fourth-order valence-corrected chi connectivity index (χ4v) is 3.76. The fourth-order valence-electron chi connectivity index (χ4n) is 3.76. The van der Waals surface area contributed by atoms with Crippen LogP contribution in [0.15, 0.2) is 40.7 Å². The first-order chi connectivity index (χ1) is 16.2. The number of carbonyl (C=O) groups is 4. The summed E-state index contributed by atoms with van der Waals surface area (Å²) in [6.45, 7) is 4.38. The van der Waals surface area contributed by atoms with Gasteiger partial charge in [0.05, 0.1) is 31.4 Å². The van der Waals surface area contributed by atoms with E-state index in [1.165, 1.54) is 0 Å². The second-order valence-electron chi connectivity index (χ2n) is 7.63. The number of hydrogen-bond acceptors (Lipinski definition) is 10. The van der Waals surface area contributed by atoms with Crippen molar-refractivity contribution in [1.29, 1.82) is 0 Å². The van der Waals surface area contributed by atoms with Crippen molar-refractivity contribution >= 4 is 23.8 Å². The quantitative estimate of drug-likeness (QED) is 0.438. The molecule has 11 heteroatoms. The molecule has 34 heavy (non-hydrogen) atoms. The number of nitrogens with one attached hydrogen (secondary N) is 2. The van der Waals surface area contributed by atoms with Gasteiger partial charge >= 0.3 is 17.9 Å². The lowest BCUT2D eigenvalue weighted by molar-refractivity contribution is -0.153. The molecule has 3 rings (SSSR count). The van der Waals surface area contributed by atoms with Crippen LogP contribution >= 0.6 is 0 Å². The molecule has 2 aliphatic heterocycles. The highest BCUT2D eigenvalue weighted by molar-refractivity contribution is 6.05. The second kappa shape index (κ2) is 10.3. The van der Waals surface area contributed by atoms with E-state index in [0.717, 1.165) is 19.8 Å². The third kappa shape index (κ3) is 4.98. The first-order valence-electron chi connectivity index (χ1n) is 10.4. The molecule has 0 unspecified atom stereocenters. The normalized spacial score (nSPS) is 15.9. The first kappa shape index (κ1) is 24.6. The molecule has 2 N–H and O–H groups in total. The van der Waals surface area contributed by atoms with Crippen LogP contribution in [0.1, 0.15) is 32.4 Å². The zero-order valence-corrected chi connectivity index (χ0v) is 19.5. The van der Waals surface area contributed by atoms with E-state index >= 15 is 0 Å². The van der Waals surface area contributed by atoms with Gasteiger partial charge in [0.2, 0.25) is 6.79 Å². The van der Waals surface area contributed by atoms with Crippen LogP contribution in [0.5, 0.6) is 11.5 Å². The maximum absolute atomic E-state index is 13.0. The van der Waals surface area contributed by atoms with E-state index in [1.807, 2.05) is 0 Å². The summed E-state index contributed by atoms with van der Waals surface area (Å²) in [6, 6.07) is 4.86. The monoisotopic (exact) mass is 474 g/mol. The number of benzene rings is 1. The largest absolute Gasteiger partial charge is 0.466 e. The number of allylic oxidation sites excluding steroid dienone is 2. The van der Waals surface area contributed by atoms with Crippen molar-refractivity contribution in [1.82, 2.24) is 10.6 Å². The van der Waals surface area contributed by atoms with Crippen molar-refractivity contribution in [3.8, 4) is 11.5 Å². The minimum atomic E-state index is -1.42. The summed E-state index contributed by atoms with van der Waals surface area (Å²) in [5.74, 6) is -3.40. The van der Waals surface area contributed by atoms with Gasteiger partial charge < -0.3 is 34.3 Å². The Balaban J connectivity index is 1.71. The lowest BCUT2D eigenvalue weighted by atomic mass is 9.85. The van der Waals surface area contributed by atoms with Gasteiger partial charge in [0.25, 0.3) is 5.91 Å². The summed E-state index contributed by atoms with van der Waals surface area (Å²) < 4.78 is 25.4. The molecule has 1 aromatic carbocycles. The molecule has 1 atom stereocenters. The first-order valence-corrected chi connectivity index (χ1v) is 10.4. The molecule has 1 amide bonds. The van der Waals surface area contributed by atoms with Gasteiger partial charge in [0.15, 0.2) is 18.1 Å². The molecule has 0 spiro atoms. The molecular formula is C23H26N2O9. The van der Waals surface area contributed by atoms with Gasteiger partial charge in [-0.05, 0) is 38.5 Å². The Labute approximate surface area is 196 Å². The van der Waals surface area contributed by atoms with Crippen LogP contribution in [0, 0.1) is 5.92 Å². The van der Waals surface area contributed by atoms with Crippen LogP contribution in [0.4, 0.5) is 0 Å². The van der Waals surface area contributed by atoms with Crippen LogP contribution < -0.4 is 20.1 Å². The number of esters is 3. The predicted molar refractivity (Wildman–Crippen MR) is 116 cm³/mol. The Kier molecular flexibility index (Phi) is 7.44. The van der Waals surface area contributed by atoms with Crippen molar-refractivity contribution in [3.63, 3.8) is 0 Å². The second-order valence-corrected chi connectivity index (χ2v) is 7.63. The van der Waals surface area contributed by atoms with E-state index in [-0.39, 0.29) is 17.9 Å². The van der Waals surface area contributed by atoms with Crippen LogP contribution in [0.3, 0.4) is 0 Å². The molecule has 0 saturated heterocycles. The molecule has 1 aromatic rings. The van der Waals surface area contributed by atoms with E-state index in [4.69, 9.17) is 23.7 Å². The molecule has 0 aliphatic carbocycles. The predicted octanol–water partition coefficient (Wildman–Crippen LogP) is 1.25. The average molecular weight is 474 g/mol. The molecule has 2 aliphatic rings. The molecule has 0 fully saturated rings. The highest BCUT2D eigenvalue weighted by atomic mass is 16.7. The molecule has 182 valence electrons. The zero-order valence-electron chi connectivity index (χ0n) is 19.5. The highest BCUT2D eigenvalue weighted by Crippen LogP contribution is 2.34. The Morgan fingerprint density at radius 1 is 1.03 bits per heavy atom. The third-order valence-electron chi connectivity index (χ3n) is 5.43. The number of dihydropyridines is 1. The summed E-state index contributed by atoms with van der Waals surface area (Å²) in [6.07, 6.45) is 0. The van der Waals surface area contributed by atoms with Crippen molar-refractivity contribution < 1.29 is 42.9 Å². The standard InChI is InChI=1S/C23H26N2O9/c1-11(14-6-7-15-16(8-14)34-10-33-15)25-17(26)9-32-23(29)20-18(21(27)30-4)12(2)24-13(3)19(20)22(28)31-5/h6-8,11,20,24H,9-10H2,1-5H3,(H,25,26)/t11-/m1/s1. The SMILES string of the molecule is COC(=O)C1=C(C)NC(C)=C(C(=O)OC)C1C(=O)OCC(=O)N[C@H](C)c1ccc2c(c1)OCO2. The van der Waals surface area contributed by atoms with E-state index in [0.29, 0.717) is 22.9 Å². The van der Waals surface area contributed by atoms with Crippen molar-refractivity contribution in [2.45, 2.75) is 26.8 Å². The van der Waals surface area contributed by atoms with Gasteiger partial charge in [0.1, 0.15) is 5.92 Å². The summed E-state index contributed by atoms with van der Waals surface area (Å²) >= 11 is 0. The Morgan fingerprint density at radius 2 is 1.62 bits per heavy atom. The average Bonchev–Trinajstić information content (AvgIpc) is 3.29. The summed E-state index contributed by atoms with van der Waals surface area (Å²) in [4.78, 5) is 50.2. The summed E-state index contributed by atoms with van der Waals surface area (Å²) in [7, 11) is 2.30. The van der Waals surface area contributed by atoms with Crippen molar-refractivity contribution in [3.05, 3.63) is 46.3 Å². The number of rotatable bonds is 7. The lowest BCUT2D eigenvalue weighted by Gasteiger charge is -2.28.